The van der Waals surface area contributed by atoms with E-state index in [0.717, 1.165) is 0 Å². The van der Waals surface area contributed by atoms with Crippen LogP contribution in [0.1, 0.15) is 22.3 Å². The molecule has 0 atom stereocenters. The van der Waals surface area contributed by atoms with Crippen LogP contribution >= 0.6 is 0 Å². The lowest BCUT2D eigenvalue weighted by Gasteiger charge is -2.30. The highest BCUT2D eigenvalue weighted by atomic mass is 15.0. The summed E-state index contributed by atoms with van der Waals surface area (Å²) in [6.45, 7) is 0. The summed E-state index contributed by atoms with van der Waals surface area (Å²) in [6.07, 6.45) is 0. The molecule has 10 rings (SSSR count). The topological polar surface area (TPSA) is 4.93 Å². The molecule has 1 spiro atoms. The van der Waals surface area contributed by atoms with Gasteiger partial charge in [0, 0.05) is 16.5 Å². The van der Waals surface area contributed by atoms with Crippen molar-refractivity contribution in [2.45, 2.75) is 5.41 Å². The first-order valence-corrected chi connectivity index (χ1v) is 15.4. The molecule has 0 amide bonds. The average Bonchev–Trinajstić information content (AvgIpc) is 3.71. The molecule has 1 heterocycles. The zero-order valence-electron chi connectivity index (χ0n) is 24.0. The van der Waals surface area contributed by atoms with Gasteiger partial charge in [-0.05, 0) is 79.9 Å². The first-order valence-electron chi connectivity index (χ1n) is 15.4. The second kappa shape index (κ2) is 8.69. The van der Waals surface area contributed by atoms with Gasteiger partial charge in [-0.1, -0.05) is 140 Å². The van der Waals surface area contributed by atoms with Gasteiger partial charge in [-0.15, -0.1) is 0 Å². The monoisotopic (exact) mass is 557 g/mol. The third-order valence-electron chi connectivity index (χ3n) is 10.0. The molecule has 1 aromatic heterocycles. The van der Waals surface area contributed by atoms with Crippen LogP contribution in [0.15, 0.2) is 164 Å². The Hall–Kier alpha value is -5.66. The van der Waals surface area contributed by atoms with Crippen molar-refractivity contribution in [3.63, 3.8) is 0 Å². The molecule has 0 saturated heterocycles. The Bertz CT molecular complexity index is 2340. The van der Waals surface area contributed by atoms with Crippen LogP contribution in [0.2, 0.25) is 0 Å². The van der Waals surface area contributed by atoms with Gasteiger partial charge in [-0.2, -0.15) is 0 Å². The highest BCUT2D eigenvalue weighted by Gasteiger charge is 2.51. The summed E-state index contributed by atoms with van der Waals surface area (Å²) in [5, 5.41) is 2.57. The molecular formula is C43H27N. The van der Waals surface area contributed by atoms with Gasteiger partial charge in [0.05, 0.1) is 16.4 Å². The number of nitrogens with zero attached hydrogens (tertiary/aromatic N) is 1. The van der Waals surface area contributed by atoms with Crippen LogP contribution in [0, 0.1) is 0 Å². The second-order valence-electron chi connectivity index (χ2n) is 12.0. The molecule has 0 bridgehead atoms. The van der Waals surface area contributed by atoms with Crippen molar-refractivity contribution >= 4 is 21.8 Å². The van der Waals surface area contributed by atoms with Crippen molar-refractivity contribution in [2.75, 3.05) is 0 Å². The van der Waals surface area contributed by atoms with E-state index in [1.807, 2.05) is 0 Å². The number of para-hydroxylation sites is 2. The molecule has 204 valence electrons. The molecular weight excluding hydrogens is 530 g/mol. The maximum Gasteiger partial charge on any atom is 0.0725 e. The third-order valence-corrected chi connectivity index (χ3v) is 10.0. The zero-order valence-corrected chi connectivity index (χ0v) is 24.0. The molecule has 0 unspecified atom stereocenters. The van der Waals surface area contributed by atoms with Gasteiger partial charge >= 0.3 is 0 Å². The fourth-order valence-corrected chi connectivity index (χ4v) is 8.37. The van der Waals surface area contributed by atoms with Crippen LogP contribution in [0.3, 0.4) is 0 Å². The highest BCUT2D eigenvalue weighted by molar-refractivity contribution is 6.09. The van der Waals surface area contributed by atoms with E-state index in [4.69, 9.17) is 0 Å². The summed E-state index contributed by atoms with van der Waals surface area (Å²) < 4.78 is 2.39. The number of aromatic nitrogens is 1. The largest absolute Gasteiger partial charge is 0.309 e. The Balaban J connectivity index is 1.20. The molecule has 1 heteroatoms. The standard InChI is InChI=1S/C43H27N/c1-6-18-36-31(12-1)32-13-2-7-19-37(32)43(36)38-20-8-3-16-35(38)42-30(17-11-21-39(42)43)28-24-26-29(27-25-28)44-40-22-9-4-14-33(40)34-15-5-10-23-41(34)44/h1-27H. The van der Waals surface area contributed by atoms with Crippen LogP contribution in [0.4, 0.5) is 0 Å². The van der Waals surface area contributed by atoms with Gasteiger partial charge < -0.3 is 4.57 Å². The van der Waals surface area contributed by atoms with E-state index in [2.05, 4.69) is 168 Å². The van der Waals surface area contributed by atoms with Gasteiger partial charge in [0.2, 0.25) is 0 Å². The number of rotatable bonds is 2. The fraction of sp³-hybridized carbons (Fsp3) is 0.0233. The minimum atomic E-state index is -0.321. The Labute approximate surface area is 256 Å². The summed E-state index contributed by atoms with van der Waals surface area (Å²) in [4.78, 5) is 0. The van der Waals surface area contributed by atoms with Gasteiger partial charge in [-0.25, -0.2) is 0 Å². The molecule has 2 aliphatic carbocycles. The SMILES string of the molecule is c1ccc2c(c1)-c1ccccc1C21c2ccccc2-c2c(-c3ccc(-n4c5ccccc5c5ccccc54)cc3)cccc21. The van der Waals surface area contributed by atoms with Crippen LogP contribution in [-0.2, 0) is 5.41 Å². The summed E-state index contributed by atoms with van der Waals surface area (Å²) in [5.74, 6) is 0. The summed E-state index contributed by atoms with van der Waals surface area (Å²) >= 11 is 0. The van der Waals surface area contributed by atoms with Gasteiger partial charge in [0.25, 0.3) is 0 Å². The van der Waals surface area contributed by atoms with Crippen molar-refractivity contribution in [2.24, 2.45) is 0 Å². The maximum atomic E-state index is 2.39. The Kier molecular flexibility index (Phi) is 4.71. The fourth-order valence-electron chi connectivity index (χ4n) is 8.37. The number of fused-ring (bicyclic) bond motifs is 13. The molecule has 8 aromatic rings. The summed E-state index contributed by atoms with van der Waals surface area (Å²) in [6, 6.07) is 60.6. The van der Waals surface area contributed by atoms with Gasteiger partial charge in [0.1, 0.15) is 0 Å². The smallest absolute Gasteiger partial charge is 0.0725 e. The Morgan fingerprint density at radius 1 is 0.341 bits per heavy atom. The molecule has 1 nitrogen and oxygen atoms in total. The quantitative estimate of drug-likeness (QED) is 0.199. The lowest BCUT2D eigenvalue weighted by molar-refractivity contribution is 0.794. The van der Waals surface area contributed by atoms with Gasteiger partial charge in [0.15, 0.2) is 0 Å². The third kappa shape index (κ3) is 2.89. The van der Waals surface area contributed by atoms with Crippen molar-refractivity contribution in [3.05, 3.63) is 186 Å². The van der Waals surface area contributed by atoms with E-state index in [9.17, 15) is 0 Å². The van der Waals surface area contributed by atoms with E-state index in [-0.39, 0.29) is 5.41 Å². The van der Waals surface area contributed by atoms with Crippen molar-refractivity contribution in [1.82, 2.24) is 4.57 Å². The minimum Gasteiger partial charge on any atom is -0.309 e. The molecule has 7 aromatic carbocycles. The molecule has 0 N–H and O–H groups in total. The van der Waals surface area contributed by atoms with E-state index in [0.29, 0.717) is 0 Å². The second-order valence-corrected chi connectivity index (χ2v) is 12.0. The van der Waals surface area contributed by atoms with Crippen LogP contribution in [0.5, 0.6) is 0 Å². The predicted octanol–water partition coefficient (Wildman–Crippen LogP) is 10.8. The number of hydrogen-bond acceptors (Lipinski definition) is 0. The normalized spacial score (nSPS) is 13.6. The number of hydrogen-bond donors (Lipinski definition) is 0. The summed E-state index contributed by atoms with van der Waals surface area (Å²) in [7, 11) is 0. The van der Waals surface area contributed by atoms with E-state index >= 15 is 0 Å². The molecule has 0 aliphatic heterocycles. The Morgan fingerprint density at radius 2 is 0.795 bits per heavy atom. The summed E-state index contributed by atoms with van der Waals surface area (Å²) in [5.41, 5.74) is 16.7. The molecule has 0 radical (unpaired) electrons. The van der Waals surface area contributed by atoms with E-state index in [1.165, 1.54) is 83.1 Å². The average molecular weight is 558 g/mol. The molecule has 0 saturated carbocycles. The molecule has 2 aliphatic rings. The molecule has 44 heavy (non-hydrogen) atoms. The lowest BCUT2D eigenvalue weighted by Crippen LogP contribution is -2.25. The van der Waals surface area contributed by atoms with E-state index in [1.54, 1.807) is 0 Å². The van der Waals surface area contributed by atoms with Crippen LogP contribution in [-0.4, -0.2) is 4.57 Å². The van der Waals surface area contributed by atoms with Gasteiger partial charge in [-0.3, -0.25) is 0 Å². The highest BCUT2D eigenvalue weighted by Crippen LogP contribution is 2.63. The maximum absolute atomic E-state index is 2.39. The first-order chi connectivity index (χ1) is 21.9. The minimum absolute atomic E-state index is 0.321. The van der Waals surface area contributed by atoms with Crippen molar-refractivity contribution in [3.8, 4) is 39.1 Å². The first kappa shape index (κ1) is 23.9. The number of benzene rings is 7. The van der Waals surface area contributed by atoms with Crippen LogP contribution in [0.25, 0.3) is 60.9 Å². The molecule has 0 fully saturated rings. The Morgan fingerprint density at radius 3 is 1.41 bits per heavy atom. The lowest BCUT2D eigenvalue weighted by atomic mass is 9.70. The zero-order chi connectivity index (χ0) is 28.8. The van der Waals surface area contributed by atoms with Crippen LogP contribution < -0.4 is 0 Å². The van der Waals surface area contributed by atoms with E-state index < -0.39 is 0 Å². The van der Waals surface area contributed by atoms with Crippen molar-refractivity contribution in [1.29, 1.82) is 0 Å². The predicted molar refractivity (Wildman–Crippen MR) is 183 cm³/mol. The van der Waals surface area contributed by atoms with Crippen molar-refractivity contribution < 1.29 is 0 Å².